The summed E-state index contributed by atoms with van der Waals surface area (Å²) in [5.41, 5.74) is 0. The summed E-state index contributed by atoms with van der Waals surface area (Å²) in [6, 6.07) is 3.96. The fourth-order valence-corrected chi connectivity index (χ4v) is 3.43. The maximum atomic E-state index is 12.4. The van der Waals surface area contributed by atoms with E-state index < -0.39 is 0 Å². The van der Waals surface area contributed by atoms with Gasteiger partial charge in [-0.2, -0.15) is 0 Å². The Labute approximate surface area is 131 Å². The SMILES string of the molecule is O=C(NC1CCCCCC1)C1CC(=O)N(Cc2ccco2)C1. The monoisotopic (exact) mass is 304 g/mol. The number of carbonyl (C=O) groups excluding carboxylic acids is 2. The molecule has 0 spiro atoms. The smallest absolute Gasteiger partial charge is 0.225 e. The Kier molecular flexibility index (Phi) is 4.80. The lowest BCUT2D eigenvalue weighted by Gasteiger charge is -2.19. The number of likely N-dealkylation sites (tertiary alicyclic amines) is 1. The van der Waals surface area contributed by atoms with Crippen molar-refractivity contribution in [2.24, 2.45) is 5.92 Å². The van der Waals surface area contributed by atoms with Crippen LogP contribution in [-0.2, 0) is 16.1 Å². The fraction of sp³-hybridized carbons (Fsp3) is 0.647. The van der Waals surface area contributed by atoms with Crippen molar-refractivity contribution in [3.05, 3.63) is 24.2 Å². The van der Waals surface area contributed by atoms with Crippen molar-refractivity contribution in [3.63, 3.8) is 0 Å². The number of carbonyl (C=O) groups is 2. The van der Waals surface area contributed by atoms with Crippen LogP contribution in [0.2, 0.25) is 0 Å². The molecule has 5 nitrogen and oxygen atoms in total. The van der Waals surface area contributed by atoms with Gasteiger partial charge >= 0.3 is 0 Å². The Bertz CT molecular complexity index is 504. The lowest BCUT2D eigenvalue weighted by atomic mass is 10.0. The van der Waals surface area contributed by atoms with Crippen LogP contribution in [0.25, 0.3) is 0 Å². The molecular formula is C17H24N2O3. The molecule has 1 aromatic rings. The average molecular weight is 304 g/mol. The molecule has 1 aromatic heterocycles. The molecule has 2 aliphatic rings. The highest BCUT2D eigenvalue weighted by Crippen LogP contribution is 2.22. The van der Waals surface area contributed by atoms with Crippen LogP contribution < -0.4 is 5.32 Å². The zero-order valence-electron chi connectivity index (χ0n) is 12.9. The van der Waals surface area contributed by atoms with E-state index >= 15 is 0 Å². The van der Waals surface area contributed by atoms with Gasteiger partial charge in [0.25, 0.3) is 0 Å². The van der Waals surface area contributed by atoms with Gasteiger partial charge in [-0.25, -0.2) is 0 Å². The molecule has 1 saturated heterocycles. The summed E-state index contributed by atoms with van der Waals surface area (Å²) in [6.07, 6.45) is 8.99. The van der Waals surface area contributed by atoms with Crippen molar-refractivity contribution in [1.29, 1.82) is 0 Å². The zero-order chi connectivity index (χ0) is 15.4. The predicted octanol–water partition coefficient (Wildman–Crippen LogP) is 2.47. The molecule has 1 aliphatic heterocycles. The van der Waals surface area contributed by atoms with Gasteiger partial charge in [-0.15, -0.1) is 0 Å². The first kappa shape index (κ1) is 15.1. The van der Waals surface area contributed by atoms with Gasteiger partial charge in [-0.05, 0) is 25.0 Å². The Morgan fingerprint density at radius 1 is 1.27 bits per heavy atom. The van der Waals surface area contributed by atoms with Crippen LogP contribution in [-0.4, -0.2) is 29.3 Å². The summed E-state index contributed by atoms with van der Waals surface area (Å²) >= 11 is 0. The van der Waals surface area contributed by atoms with E-state index in [0.29, 0.717) is 25.6 Å². The topological polar surface area (TPSA) is 62.6 Å². The molecule has 5 heteroatoms. The summed E-state index contributed by atoms with van der Waals surface area (Å²) in [4.78, 5) is 26.2. The minimum atomic E-state index is -0.217. The molecule has 0 bridgehead atoms. The summed E-state index contributed by atoms with van der Waals surface area (Å²) in [5, 5.41) is 3.16. The second-order valence-corrected chi connectivity index (χ2v) is 6.45. The van der Waals surface area contributed by atoms with Gasteiger partial charge in [-0.1, -0.05) is 25.7 Å². The van der Waals surface area contributed by atoms with Crippen molar-refractivity contribution in [1.82, 2.24) is 10.2 Å². The normalized spacial score (nSPS) is 23.5. The molecule has 120 valence electrons. The van der Waals surface area contributed by atoms with Gasteiger partial charge in [-0.3, -0.25) is 9.59 Å². The molecule has 3 rings (SSSR count). The van der Waals surface area contributed by atoms with E-state index in [1.807, 2.05) is 12.1 Å². The Morgan fingerprint density at radius 3 is 2.73 bits per heavy atom. The van der Waals surface area contributed by atoms with Crippen LogP contribution >= 0.6 is 0 Å². The Hall–Kier alpha value is -1.78. The zero-order valence-corrected chi connectivity index (χ0v) is 12.9. The number of amides is 2. The fourth-order valence-electron chi connectivity index (χ4n) is 3.43. The summed E-state index contributed by atoms with van der Waals surface area (Å²) < 4.78 is 5.28. The van der Waals surface area contributed by atoms with Crippen LogP contribution in [0.4, 0.5) is 0 Å². The Morgan fingerprint density at radius 2 is 2.05 bits per heavy atom. The highest BCUT2D eigenvalue weighted by atomic mass is 16.3. The van der Waals surface area contributed by atoms with Crippen LogP contribution in [0.15, 0.2) is 22.8 Å². The first-order valence-electron chi connectivity index (χ1n) is 8.33. The number of rotatable bonds is 4. The summed E-state index contributed by atoms with van der Waals surface area (Å²) in [6.45, 7) is 0.955. The third kappa shape index (κ3) is 3.70. The standard InChI is InChI=1S/C17H24N2O3/c20-16-10-13(11-19(16)12-15-8-5-9-22-15)17(21)18-14-6-3-1-2-4-7-14/h5,8-9,13-14H,1-4,6-7,10-12H2,(H,18,21). The molecule has 2 fully saturated rings. The van der Waals surface area contributed by atoms with E-state index in [0.717, 1.165) is 18.6 Å². The summed E-state index contributed by atoms with van der Waals surface area (Å²) in [5.74, 6) is 0.628. The second kappa shape index (κ2) is 6.99. The third-order valence-corrected chi connectivity index (χ3v) is 4.71. The molecule has 22 heavy (non-hydrogen) atoms. The van der Waals surface area contributed by atoms with Crippen molar-refractivity contribution in [2.45, 2.75) is 57.5 Å². The molecule has 1 N–H and O–H groups in total. The minimum absolute atomic E-state index is 0.0393. The van der Waals surface area contributed by atoms with Crippen LogP contribution in [0.5, 0.6) is 0 Å². The third-order valence-electron chi connectivity index (χ3n) is 4.71. The van der Waals surface area contributed by atoms with Crippen molar-refractivity contribution >= 4 is 11.8 Å². The first-order chi connectivity index (χ1) is 10.7. The molecule has 1 unspecified atom stereocenters. The van der Waals surface area contributed by atoms with E-state index in [4.69, 9.17) is 4.42 Å². The van der Waals surface area contributed by atoms with Gasteiger partial charge in [0.15, 0.2) is 0 Å². The lowest BCUT2D eigenvalue weighted by molar-refractivity contribution is -0.129. The van der Waals surface area contributed by atoms with Gasteiger partial charge in [0.1, 0.15) is 5.76 Å². The van der Waals surface area contributed by atoms with Crippen LogP contribution in [0, 0.1) is 5.92 Å². The minimum Gasteiger partial charge on any atom is -0.467 e. The van der Waals surface area contributed by atoms with Crippen molar-refractivity contribution in [2.75, 3.05) is 6.54 Å². The van der Waals surface area contributed by atoms with Crippen LogP contribution in [0.1, 0.15) is 50.7 Å². The maximum absolute atomic E-state index is 12.4. The van der Waals surface area contributed by atoms with Gasteiger partial charge in [0, 0.05) is 19.0 Å². The van der Waals surface area contributed by atoms with Crippen LogP contribution in [0.3, 0.4) is 0 Å². The first-order valence-corrected chi connectivity index (χ1v) is 8.33. The highest BCUT2D eigenvalue weighted by Gasteiger charge is 2.35. The Balaban J connectivity index is 1.52. The molecule has 1 saturated carbocycles. The maximum Gasteiger partial charge on any atom is 0.225 e. The second-order valence-electron chi connectivity index (χ2n) is 6.45. The lowest BCUT2D eigenvalue weighted by Crippen LogP contribution is -2.39. The van der Waals surface area contributed by atoms with E-state index in [1.54, 1.807) is 11.2 Å². The van der Waals surface area contributed by atoms with E-state index in [2.05, 4.69) is 5.32 Å². The van der Waals surface area contributed by atoms with Gasteiger partial charge in [0.2, 0.25) is 11.8 Å². The molecule has 2 heterocycles. The summed E-state index contributed by atoms with van der Waals surface area (Å²) in [7, 11) is 0. The molecule has 1 atom stereocenters. The van der Waals surface area contributed by atoms with E-state index in [9.17, 15) is 9.59 Å². The molecule has 0 radical (unpaired) electrons. The largest absolute Gasteiger partial charge is 0.467 e. The molecule has 2 amide bonds. The predicted molar refractivity (Wildman–Crippen MR) is 81.9 cm³/mol. The van der Waals surface area contributed by atoms with Gasteiger partial charge in [0.05, 0.1) is 18.7 Å². The van der Waals surface area contributed by atoms with Crippen molar-refractivity contribution < 1.29 is 14.0 Å². The number of furan rings is 1. The highest BCUT2D eigenvalue weighted by molar-refractivity contribution is 5.89. The number of nitrogens with zero attached hydrogens (tertiary/aromatic N) is 1. The number of nitrogens with one attached hydrogen (secondary N) is 1. The van der Waals surface area contributed by atoms with E-state index in [1.165, 1.54) is 25.7 Å². The number of hydrogen-bond acceptors (Lipinski definition) is 3. The average Bonchev–Trinajstić information content (AvgIpc) is 3.05. The molecule has 1 aliphatic carbocycles. The van der Waals surface area contributed by atoms with Crippen molar-refractivity contribution in [3.8, 4) is 0 Å². The number of hydrogen-bond donors (Lipinski definition) is 1. The van der Waals surface area contributed by atoms with E-state index in [-0.39, 0.29) is 17.7 Å². The van der Waals surface area contributed by atoms with Gasteiger partial charge < -0.3 is 14.6 Å². The quantitative estimate of drug-likeness (QED) is 0.869. The molecule has 0 aromatic carbocycles. The molecular weight excluding hydrogens is 280 g/mol.